The van der Waals surface area contributed by atoms with Gasteiger partial charge < -0.3 is 10.1 Å². The van der Waals surface area contributed by atoms with Gasteiger partial charge >= 0.3 is 6.18 Å². The standard InChI is InChI=1S/C12H14F3N5O/c1-21-11(5-2-6-11)7-16-8-3-4-9-17-18-10(12(13,14)15)20(9)19-8/h3-4H,2,5-7H2,1H3,(H,16,19). The fraction of sp³-hybridized carbons (Fsp3) is 0.583. The molecule has 3 rings (SSSR count). The van der Waals surface area contributed by atoms with Gasteiger partial charge in [0.05, 0.1) is 5.60 Å². The van der Waals surface area contributed by atoms with E-state index in [-0.39, 0.29) is 11.2 Å². The van der Waals surface area contributed by atoms with Crippen molar-refractivity contribution in [3.8, 4) is 0 Å². The Morgan fingerprint density at radius 2 is 2.10 bits per heavy atom. The summed E-state index contributed by atoms with van der Waals surface area (Å²) in [5.41, 5.74) is -0.186. The zero-order chi connectivity index (χ0) is 15.1. The van der Waals surface area contributed by atoms with E-state index in [1.807, 2.05) is 0 Å². The highest BCUT2D eigenvalue weighted by atomic mass is 19.4. The maximum absolute atomic E-state index is 12.8. The SMILES string of the molecule is COC1(CNc2ccc3nnc(C(F)(F)F)n3n2)CCC1. The largest absolute Gasteiger partial charge is 0.453 e. The third-order valence-corrected chi connectivity index (χ3v) is 3.81. The molecule has 2 heterocycles. The summed E-state index contributed by atoms with van der Waals surface area (Å²) in [6.07, 6.45) is -1.64. The molecule has 0 radical (unpaired) electrons. The number of fused-ring (bicyclic) bond motifs is 1. The van der Waals surface area contributed by atoms with Crippen molar-refractivity contribution in [3.05, 3.63) is 18.0 Å². The van der Waals surface area contributed by atoms with E-state index < -0.39 is 12.0 Å². The second-order valence-electron chi connectivity index (χ2n) is 5.10. The van der Waals surface area contributed by atoms with Crippen LogP contribution >= 0.6 is 0 Å². The molecule has 2 aromatic rings. The van der Waals surface area contributed by atoms with Crippen LogP contribution in [0.5, 0.6) is 0 Å². The van der Waals surface area contributed by atoms with Crippen molar-refractivity contribution in [1.82, 2.24) is 19.8 Å². The van der Waals surface area contributed by atoms with Crippen LogP contribution in [0.15, 0.2) is 12.1 Å². The van der Waals surface area contributed by atoms with Gasteiger partial charge in [-0.15, -0.1) is 15.3 Å². The van der Waals surface area contributed by atoms with Gasteiger partial charge in [-0.2, -0.15) is 17.7 Å². The number of hydrogen-bond donors (Lipinski definition) is 1. The van der Waals surface area contributed by atoms with Gasteiger partial charge in [0.15, 0.2) is 5.65 Å². The third-order valence-electron chi connectivity index (χ3n) is 3.81. The maximum Gasteiger partial charge on any atom is 0.453 e. The van der Waals surface area contributed by atoms with Crippen LogP contribution in [0.3, 0.4) is 0 Å². The Balaban J connectivity index is 1.83. The maximum atomic E-state index is 12.8. The lowest BCUT2D eigenvalue weighted by Crippen LogP contribution is -2.45. The summed E-state index contributed by atoms with van der Waals surface area (Å²) in [5, 5.41) is 13.5. The first-order valence-corrected chi connectivity index (χ1v) is 6.52. The Morgan fingerprint density at radius 3 is 2.67 bits per heavy atom. The van der Waals surface area contributed by atoms with E-state index in [1.165, 1.54) is 6.07 Å². The lowest BCUT2D eigenvalue weighted by atomic mass is 9.80. The van der Waals surface area contributed by atoms with Crippen LogP contribution in [0.2, 0.25) is 0 Å². The van der Waals surface area contributed by atoms with Crippen molar-refractivity contribution in [2.75, 3.05) is 19.0 Å². The topological polar surface area (TPSA) is 64.3 Å². The van der Waals surface area contributed by atoms with Gasteiger partial charge in [-0.1, -0.05) is 0 Å². The number of aromatic nitrogens is 4. The molecule has 0 aliphatic heterocycles. The molecule has 9 heteroatoms. The number of rotatable bonds is 4. The van der Waals surface area contributed by atoms with Crippen molar-refractivity contribution < 1.29 is 17.9 Å². The zero-order valence-electron chi connectivity index (χ0n) is 11.3. The average molecular weight is 301 g/mol. The quantitative estimate of drug-likeness (QED) is 0.937. The lowest BCUT2D eigenvalue weighted by Gasteiger charge is -2.40. The summed E-state index contributed by atoms with van der Waals surface area (Å²) in [5.74, 6) is -0.803. The molecule has 1 aliphatic carbocycles. The van der Waals surface area contributed by atoms with Gasteiger partial charge in [-0.25, -0.2) is 0 Å². The van der Waals surface area contributed by atoms with E-state index >= 15 is 0 Å². The molecule has 1 aliphatic rings. The van der Waals surface area contributed by atoms with Gasteiger partial charge in [-0.05, 0) is 31.4 Å². The Labute approximate surface area is 118 Å². The van der Waals surface area contributed by atoms with Crippen LogP contribution < -0.4 is 5.32 Å². The second kappa shape index (κ2) is 4.83. The van der Waals surface area contributed by atoms with Gasteiger partial charge in [0.1, 0.15) is 5.82 Å². The van der Waals surface area contributed by atoms with Crippen molar-refractivity contribution >= 4 is 11.5 Å². The molecule has 6 nitrogen and oxygen atoms in total. The fourth-order valence-corrected chi connectivity index (χ4v) is 2.34. The highest BCUT2D eigenvalue weighted by molar-refractivity contribution is 5.44. The van der Waals surface area contributed by atoms with E-state index in [9.17, 15) is 13.2 Å². The Morgan fingerprint density at radius 1 is 1.33 bits per heavy atom. The summed E-state index contributed by atoms with van der Waals surface area (Å²) < 4.78 is 44.5. The van der Waals surface area contributed by atoms with E-state index in [1.54, 1.807) is 13.2 Å². The molecule has 1 saturated carbocycles. The Hall–Kier alpha value is -1.90. The van der Waals surface area contributed by atoms with Crippen LogP contribution in [-0.2, 0) is 10.9 Å². The number of nitrogens with one attached hydrogen (secondary N) is 1. The Kier molecular flexibility index (Phi) is 3.23. The normalized spacial score (nSPS) is 17.7. The minimum absolute atomic E-state index is 0.0537. The minimum atomic E-state index is -4.59. The van der Waals surface area contributed by atoms with E-state index in [0.717, 1.165) is 19.3 Å². The number of hydrogen-bond acceptors (Lipinski definition) is 5. The molecule has 114 valence electrons. The van der Waals surface area contributed by atoms with Gasteiger partial charge in [-0.3, -0.25) is 0 Å². The predicted octanol–water partition coefficient (Wildman–Crippen LogP) is 2.12. The summed E-state index contributed by atoms with van der Waals surface area (Å²) in [7, 11) is 1.64. The van der Waals surface area contributed by atoms with E-state index in [0.29, 0.717) is 16.9 Å². The molecule has 2 aromatic heterocycles. The molecule has 21 heavy (non-hydrogen) atoms. The number of anilines is 1. The summed E-state index contributed by atoms with van der Waals surface area (Å²) in [6.45, 7) is 0.505. The first kappa shape index (κ1) is 14.1. The van der Waals surface area contributed by atoms with Crippen LogP contribution in [0, 0.1) is 0 Å². The summed E-state index contributed by atoms with van der Waals surface area (Å²) in [6, 6.07) is 3.02. The molecule has 0 amide bonds. The molecular formula is C12H14F3N5O. The molecule has 1 N–H and O–H groups in total. The highest BCUT2D eigenvalue weighted by Gasteiger charge is 2.38. The molecule has 0 saturated heterocycles. The Bertz CT molecular complexity index is 644. The minimum Gasteiger partial charge on any atom is -0.376 e. The number of nitrogens with zero attached hydrogens (tertiary/aromatic N) is 4. The fourth-order valence-electron chi connectivity index (χ4n) is 2.34. The zero-order valence-corrected chi connectivity index (χ0v) is 11.3. The predicted molar refractivity (Wildman–Crippen MR) is 67.9 cm³/mol. The van der Waals surface area contributed by atoms with Gasteiger partial charge in [0.2, 0.25) is 0 Å². The number of methoxy groups -OCH3 is 1. The van der Waals surface area contributed by atoms with Gasteiger partial charge in [0, 0.05) is 13.7 Å². The summed E-state index contributed by atoms with van der Waals surface area (Å²) in [4.78, 5) is 0. The molecule has 1 fully saturated rings. The number of halogens is 3. The first-order valence-electron chi connectivity index (χ1n) is 6.52. The molecule has 0 atom stereocenters. The lowest BCUT2D eigenvalue weighted by molar-refractivity contribution is -0.146. The van der Waals surface area contributed by atoms with Crippen LogP contribution in [0.25, 0.3) is 5.65 Å². The average Bonchev–Trinajstić information content (AvgIpc) is 2.81. The van der Waals surface area contributed by atoms with E-state index in [4.69, 9.17) is 4.74 Å². The first-order chi connectivity index (χ1) is 9.93. The third kappa shape index (κ3) is 2.53. The summed E-state index contributed by atoms with van der Waals surface area (Å²) >= 11 is 0. The van der Waals surface area contributed by atoms with E-state index in [2.05, 4.69) is 20.6 Å². The van der Waals surface area contributed by atoms with Crippen molar-refractivity contribution in [1.29, 1.82) is 0 Å². The monoisotopic (exact) mass is 301 g/mol. The second-order valence-corrected chi connectivity index (χ2v) is 5.10. The van der Waals surface area contributed by atoms with Crippen molar-refractivity contribution in [2.24, 2.45) is 0 Å². The molecule has 0 spiro atoms. The van der Waals surface area contributed by atoms with Gasteiger partial charge in [0.25, 0.3) is 5.82 Å². The number of alkyl halides is 3. The number of ether oxygens (including phenoxy) is 1. The highest BCUT2D eigenvalue weighted by Crippen LogP contribution is 2.35. The molecule has 0 bridgehead atoms. The smallest absolute Gasteiger partial charge is 0.376 e. The molecular weight excluding hydrogens is 287 g/mol. The molecule has 0 unspecified atom stereocenters. The van der Waals surface area contributed by atoms with Crippen LogP contribution in [0.1, 0.15) is 25.1 Å². The van der Waals surface area contributed by atoms with Crippen molar-refractivity contribution in [2.45, 2.75) is 31.0 Å². The van der Waals surface area contributed by atoms with Crippen LogP contribution in [-0.4, -0.2) is 39.1 Å². The molecule has 0 aromatic carbocycles. The van der Waals surface area contributed by atoms with Crippen LogP contribution in [0.4, 0.5) is 19.0 Å². The van der Waals surface area contributed by atoms with Crippen molar-refractivity contribution in [3.63, 3.8) is 0 Å².